The Morgan fingerprint density at radius 2 is 1.96 bits per heavy atom. The van der Waals surface area contributed by atoms with Crippen molar-refractivity contribution in [3.63, 3.8) is 0 Å². The predicted octanol–water partition coefficient (Wildman–Crippen LogP) is 1.60. The molecule has 0 amide bonds. The van der Waals surface area contributed by atoms with Crippen LogP contribution in [0.25, 0.3) is 0 Å². The number of methoxy groups -OCH3 is 1. The summed E-state index contributed by atoms with van der Waals surface area (Å²) < 4.78 is 35.7. The van der Waals surface area contributed by atoms with Gasteiger partial charge in [-0.1, -0.05) is 12.1 Å². The second-order valence-corrected chi connectivity index (χ2v) is 7.28. The molecule has 0 bridgehead atoms. The van der Waals surface area contributed by atoms with Gasteiger partial charge in [0.1, 0.15) is 22.9 Å². The fourth-order valence-corrected chi connectivity index (χ4v) is 3.89. The van der Waals surface area contributed by atoms with Gasteiger partial charge in [-0.15, -0.1) is 0 Å². The lowest BCUT2D eigenvalue weighted by molar-refractivity contribution is -0.385. The summed E-state index contributed by atoms with van der Waals surface area (Å²) in [5.74, 6) is 0.688. The van der Waals surface area contributed by atoms with Crippen molar-refractivity contribution >= 4 is 21.6 Å². The largest absolute Gasteiger partial charge is 0.377 e. The molecule has 9 nitrogen and oxygen atoms in total. The minimum atomic E-state index is -4.18. The Labute approximate surface area is 150 Å². The number of hydrogen-bond acceptors (Lipinski definition) is 8. The van der Waals surface area contributed by atoms with Crippen LogP contribution in [0.5, 0.6) is 0 Å². The van der Waals surface area contributed by atoms with Gasteiger partial charge in [0.05, 0.1) is 4.92 Å². The smallest absolute Gasteiger partial charge is 0.297 e. The summed E-state index contributed by atoms with van der Waals surface area (Å²) in [5.41, 5.74) is -0.320. The van der Waals surface area contributed by atoms with Crippen molar-refractivity contribution in [2.24, 2.45) is 0 Å². The summed E-state index contributed by atoms with van der Waals surface area (Å²) in [7, 11) is -2.70. The van der Waals surface area contributed by atoms with E-state index in [-0.39, 0.29) is 17.1 Å². The van der Waals surface area contributed by atoms with E-state index in [0.717, 1.165) is 6.07 Å². The van der Waals surface area contributed by atoms with E-state index in [2.05, 4.69) is 4.98 Å². The average molecular weight is 379 g/mol. The maximum atomic E-state index is 12.5. The summed E-state index contributed by atoms with van der Waals surface area (Å²) in [5, 5.41) is 10.9. The molecule has 1 aromatic carbocycles. The fraction of sp³-hybridized carbons (Fsp3) is 0.312. The van der Waals surface area contributed by atoms with Crippen LogP contribution in [0.15, 0.2) is 53.6 Å². The number of anilines is 1. The molecular weight excluding hydrogens is 362 g/mol. The molecule has 1 aliphatic heterocycles. The lowest BCUT2D eigenvalue weighted by Gasteiger charge is -2.17. The molecule has 0 saturated carbocycles. The van der Waals surface area contributed by atoms with Gasteiger partial charge in [-0.3, -0.25) is 14.3 Å². The molecule has 1 saturated heterocycles. The molecule has 1 aromatic heterocycles. The third-order valence-corrected chi connectivity index (χ3v) is 5.39. The zero-order chi connectivity index (χ0) is 18.7. The van der Waals surface area contributed by atoms with Gasteiger partial charge in [0.15, 0.2) is 0 Å². The zero-order valence-corrected chi connectivity index (χ0v) is 14.7. The van der Waals surface area contributed by atoms with E-state index in [4.69, 9.17) is 8.92 Å². The highest BCUT2D eigenvalue weighted by Crippen LogP contribution is 2.26. The van der Waals surface area contributed by atoms with Crippen LogP contribution in [0, 0.1) is 10.1 Å². The maximum absolute atomic E-state index is 12.5. The fourth-order valence-electron chi connectivity index (χ4n) is 2.76. The highest BCUT2D eigenvalue weighted by molar-refractivity contribution is 7.86. The van der Waals surface area contributed by atoms with Crippen LogP contribution in [0.2, 0.25) is 0 Å². The SMILES string of the molecule is CO[C@H]1CN(c2ccccn2)C[C@@H]1OS(=O)(=O)c1cccc([N+](=O)[O-])c1. The Morgan fingerprint density at radius 3 is 2.62 bits per heavy atom. The van der Waals surface area contributed by atoms with Crippen molar-refractivity contribution in [1.82, 2.24) is 4.98 Å². The molecule has 2 atom stereocenters. The first-order chi connectivity index (χ1) is 12.4. The number of hydrogen-bond donors (Lipinski definition) is 0. The Hall–Kier alpha value is -2.56. The van der Waals surface area contributed by atoms with Crippen molar-refractivity contribution in [3.05, 3.63) is 58.8 Å². The van der Waals surface area contributed by atoms with Gasteiger partial charge in [0, 0.05) is 38.5 Å². The molecular formula is C16H17N3O6S. The highest BCUT2D eigenvalue weighted by Gasteiger charge is 2.38. The van der Waals surface area contributed by atoms with Gasteiger partial charge in [-0.2, -0.15) is 8.42 Å². The van der Waals surface area contributed by atoms with Gasteiger partial charge in [0.2, 0.25) is 0 Å². The Kier molecular flexibility index (Phi) is 5.16. The lowest BCUT2D eigenvalue weighted by Crippen LogP contribution is -2.31. The summed E-state index contributed by atoms with van der Waals surface area (Å²) >= 11 is 0. The summed E-state index contributed by atoms with van der Waals surface area (Å²) in [4.78, 5) is 16.0. The number of pyridine rings is 1. The summed E-state index contributed by atoms with van der Waals surface area (Å²) in [6.07, 6.45) is 0.405. The zero-order valence-electron chi connectivity index (χ0n) is 13.9. The first-order valence-electron chi connectivity index (χ1n) is 7.77. The molecule has 1 aliphatic rings. The van der Waals surface area contributed by atoms with Crippen molar-refractivity contribution in [2.45, 2.75) is 17.1 Å². The summed E-state index contributed by atoms with van der Waals surface area (Å²) in [6, 6.07) is 10.2. The molecule has 1 fully saturated rings. The molecule has 0 aliphatic carbocycles. The van der Waals surface area contributed by atoms with Gasteiger partial charge in [-0.05, 0) is 18.2 Å². The molecule has 10 heteroatoms. The van der Waals surface area contributed by atoms with Gasteiger partial charge < -0.3 is 9.64 Å². The van der Waals surface area contributed by atoms with E-state index in [1.807, 2.05) is 17.0 Å². The van der Waals surface area contributed by atoms with Crippen molar-refractivity contribution in [3.8, 4) is 0 Å². The topological polar surface area (TPSA) is 112 Å². The minimum absolute atomic E-state index is 0.266. The maximum Gasteiger partial charge on any atom is 0.297 e. The van der Waals surface area contributed by atoms with Crippen LogP contribution in [0.4, 0.5) is 11.5 Å². The molecule has 3 rings (SSSR count). The van der Waals surface area contributed by atoms with Crippen molar-refractivity contribution in [1.29, 1.82) is 0 Å². The summed E-state index contributed by atoms with van der Waals surface area (Å²) in [6.45, 7) is 0.687. The highest BCUT2D eigenvalue weighted by atomic mass is 32.2. The molecule has 2 heterocycles. The van der Waals surface area contributed by atoms with E-state index in [1.165, 1.54) is 25.3 Å². The number of nitro benzene ring substituents is 1. The average Bonchev–Trinajstić information content (AvgIpc) is 3.04. The molecule has 26 heavy (non-hydrogen) atoms. The van der Waals surface area contributed by atoms with Crippen molar-refractivity contribution < 1.29 is 22.3 Å². The van der Waals surface area contributed by atoms with E-state index in [0.29, 0.717) is 12.4 Å². The van der Waals surface area contributed by atoms with E-state index in [1.54, 1.807) is 12.3 Å². The van der Waals surface area contributed by atoms with Gasteiger partial charge >= 0.3 is 0 Å². The van der Waals surface area contributed by atoms with Crippen LogP contribution < -0.4 is 4.90 Å². The van der Waals surface area contributed by atoms with Gasteiger partial charge in [-0.25, -0.2) is 4.98 Å². The number of nitrogens with zero attached hydrogens (tertiary/aromatic N) is 3. The van der Waals surface area contributed by atoms with Crippen LogP contribution in [-0.4, -0.2) is 50.7 Å². The number of non-ortho nitro benzene ring substituents is 1. The minimum Gasteiger partial charge on any atom is -0.377 e. The second kappa shape index (κ2) is 7.36. The van der Waals surface area contributed by atoms with E-state index >= 15 is 0 Å². The number of nitro groups is 1. The van der Waals surface area contributed by atoms with Crippen LogP contribution >= 0.6 is 0 Å². The lowest BCUT2D eigenvalue weighted by atomic mass is 10.3. The Morgan fingerprint density at radius 1 is 1.19 bits per heavy atom. The Balaban J connectivity index is 1.80. The second-order valence-electron chi connectivity index (χ2n) is 5.71. The number of benzene rings is 1. The van der Waals surface area contributed by atoms with Crippen LogP contribution in [0.3, 0.4) is 0 Å². The third-order valence-electron chi connectivity index (χ3n) is 4.06. The van der Waals surface area contributed by atoms with Crippen LogP contribution in [-0.2, 0) is 19.0 Å². The standard InChI is InChI=1S/C16H17N3O6S/c1-24-14-10-18(16-7-2-3-8-17-16)11-15(14)25-26(22,23)13-6-4-5-12(9-13)19(20)21/h2-9,14-15H,10-11H2,1H3/t14-,15-/m0/s1. The predicted molar refractivity (Wildman–Crippen MR) is 92.4 cm³/mol. The first kappa shape index (κ1) is 18.2. The number of aromatic nitrogens is 1. The molecule has 0 radical (unpaired) electrons. The monoisotopic (exact) mass is 379 g/mol. The Bertz CT molecular complexity index is 890. The molecule has 2 aromatic rings. The number of rotatable bonds is 6. The van der Waals surface area contributed by atoms with Gasteiger partial charge in [0.25, 0.3) is 15.8 Å². The molecule has 0 spiro atoms. The van der Waals surface area contributed by atoms with E-state index in [9.17, 15) is 18.5 Å². The molecule has 0 N–H and O–H groups in total. The first-order valence-corrected chi connectivity index (χ1v) is 9.18. The van der Waals surface area contributed by atoms with Crippen molar-refractivity contribution in [2.75, 3.05) is 25.1 Å². The number of ether oxygens (including phenoxy) is 1. The third kappa shape index (κ3) is 3.82. The molecule has 0 unspecified atom stereocenters. The normalized spacial score (nSPS) is 20.3. The van der Waals surface area contributed by atoms with Crippen LogP contribution in [0.1, 0.15) is 0 Å². The molecule has 138 valence electrons. The van der Waals surface area contributed by atoms with E-state index < -0.39 is 27.2 Å². The quantitative estimate of drug-likeness (QED) is 0.423.